The van der Waals surface area contributed by atoms with Gasteiger partial charge >= 0.3 is 5.97 Å². The van der Waals surface area contributed by atoms with Crippen molar-refractivity contribution in [2.45, 2.75) is 11.7 Å². The zero-order chi connectivity index (χ0) is 8.55. The smallest absolute Gasteiger partial charge is 0.320 e. The number of carbonyl (C=O) groups is 1. The Morgan fingerprint density at radius 2 is 2.50 bits per heavy atom. The summed E-state index contributed by atoms with van der Waals surface area (Å²) in [5.74, 6) is 0.762. The predicted octanol–water partition coefficient (Wildman–Crippen LogP) is 1.69. The molecular weight excluding hydrogens is 172 g/mol. The molecule has 0 bridgehead atoms. The molecule has 0 spiro atoms. The highest BCUT2D eigenvalue weighted by Gasteiger charge is 2.35. The molecule has 1 saturated heterocycles. The highest BCUT2D eigenvalue weighted by Crippen LogP contribution is 2.40. The molecule has 2 nitrogen and oxygen atoms in total. The van der Waals surface area contributed by atoms with E-state index in [0.29, 0.717) is 5.92 Å². The van der Waals surface area contributed by atoms with E-state index in [-0.39, 0.29) is 5.25 Å². The molecule has 3 heteroatoms. The third kappa shape index (κ3) is 1.18. The van der Waals surface area contributed by atoms with Gasteiger partial charge in [-0.2, -0.15) is 0 Å². The lowest BCUT2D eigenvalue weighted by Crippen LogP contribution is -2.17. The summed E-state index contributed by atoms with van der Waals surface area (Å²) in [4.78, 5) is 10.8. The second kappa shape index (κ2) is 2.98. The van der Waals surface area contributed by atoms with Gasteiger partial charge in [0.1, 0.15) is 5.25 Å². The average molecular weight is 182 g/mol. The van der Waals surface area contributed by atoms with Gasteiger partial charge in [0, 0.05) is 5.75 Å². The molecule has 0 aromatic heterocycles. The van der Waals surface area contributed by atoms with E-state index in [4.69, 9.17) is 5.11 Å². The minimum absolute atomic E-state index is 0.278. The first kappa shape index (κ1) is 7.92. The van der Waals surface area contributed by atoms with Gasteiger partial charge in [0.15, 0.2) is 0 Å². The first-order chi connectivity index (χ1) is 5.79. The van der Waals surface area contributed by atoms with Crippen LogP contribution in [0, 0.1) is 5.92 Å². The van der Waals surface area contributed by atoms with Gasteiger partial charge in [0.05, 0.1) is 0 Å². The molecule has 1 aliphatic heterocycles. The van der Waals surface area contributed by atoms with Crippen molar-refractivity contribution < 1.29 is 9.90 Å². The summed E-state index contributed by atoms with van der Waals surface area (Å²) >= 11 is 1.55. The third-order valence-electron chi connectivity index (χ3n) is 2.31. The van der Waals surface area contributed by atoms with Crippen LogP contribution < -0.4 is 0 Å². The molecule has 2 unspecified atom stereocenters. The first-order valence-corrected chi connectivity index (χ1v) is 5.05. The summed E-state index contributed by atoms with van der Waals surface area (Å²) in [5.41, 5.74) is 1.11. The van der Waals surface area contributed by atoms with E-state index >= 15 is 0 Å². The van der Waals surface area contributed by atoms with E-state index < -0.39 is 5.97 Å². The Labute approximate surface area is 75.3 Å². The standard InChI is InChI=1S/C9H10O2S/c10-9(11)8-7-4-2-1-3-6(7)5-12-8/h1-2,4,6,8H,3,5H2,(H,10,11). The number of allylic oxidation sites excluding steroid dienone is 3. The highest BCUT2D eigenvalue weighted by atomic mass is 32.2. The molecule has 0 aromatic carbocycles. The summed E-state index contributed by atoms with van der Waals surface area (Å²) in [6.45, 7) is 0. The Kier molecular flexibility index (Phi) is 1.97. The highest BCUT2D eigenvalue weighted by molar-refractivity contribution is 8.01. The summed E-state index contributed by atoms with van der Waals surface area (Å²) in [5, 5.41) is 8.59. The van der Waals surface area contributed by atoms with Crippen molar-refractivity contribution in [2.24, 2.45) is 5.92 Å². The van der Waals surface area contributed by atoms with E-state index in [1.807, 2.05) is 12.2 Å². The predicted molar refractivity (Wildman–Crippen MR) is 49.2 cm³/mol. The van der Waals surface area contributed by atoms with Gasteiger partial charge < -0.3 is 5.11 Å². The molecule has 0 radical (unpaired) electrons. The molecular formula is C9H10O2S. The van der Waals surface area contributed by atoms with Crippen molar-refractivity contribution in [3.8, 4) is 0 Å². The van der Waals surface area contributed by atoms with E-state index in [1.54, 1.807) is 11.8 Å². The van der Waals surface area contributed by atoms with Gasteiger partial charge in [-0.05, 0) is 17.9 Å². The number of carboxylic acids is 1. The fraction of sp³-hybridized carbons (Fsp3) is 0.444. The van der Waals surface area contributed by atoms with Crippen LogP contribution in [0.4, 0.5) is 0 Å². The molecule has 1 N–H and O–H groups in total. The SMILES string of the molecule is O=C(O)C1SCC2CC=CC=C21. The van der Waals surface area contributed by atoms with Crippen LogP contribution in [0.25, 0.3) is 0 Å². The number of carboxylic acid groups (broad SMARTS) is 1. The van der Waals surface area contributed by atoms with Crippen molar-refractivity contribution in [2.75, 3.05) is 5.75 Å². The first-order valence-electron chi connectivity index (χ1n) is 4.00. The van der Waals surface area contributed by atoms with E-state index in [9.17, 15) is 4.79 Å². The second-order valence-electron chi connectivity index (χ2n) is 3.08. The van der Waals surface area contributed by atoms with Crippen molar-refractivity contribution in [3.05, 3.63) is 23.8 Å². The van der Waals surface area contributed by atoms with Gasteiger partial charge in [0.2, 0.25) is 0 Å². The number of aliphatic carboxylic acids is 1. The van der Waals surface area contributed by atoms with Crippen molar-refractivity contribution in [3.63, 3.8) is 0 Å². The Hall–Kier alpha value is -0.700. The van der Waals surface area contributed by atoms with E-state index in [2.05, 4.69) is 6.08 Å². The summed E-state index contributed by atoms with van der Waals surface area (Å²) < 4.78 is 0. The number of thioether (sulfide) groups is 1. The molecule has 2 atom stereocenters. The maximum Gasteiger partial charge on any atom is 0.320 e. The minimum Gasteiger partial charge on any atom is -0.480 e. The van der Waals surface area contributed by atoms with Gasteiger partial charge in [-0.1, -0.05) is 18.2 Å². The fourth-order valence-corrected chi connectivity index (χ4v) is 3.04. The molecule has 0 aromatic rings. The number of hydrogen-bond donors (Lipinski definition) is 1. The lowest BCUT2D eigenvalue weighted by atomic mass is 9.91. The molecule has 1 heterocycles. The van der Waals surface area contributed by atoms with Gasteiger partial charge in [-0.3, -0.25) is 4.79 Å². The lowest BCUT2D eigenvalue weighted by molar-refractivity contribution is -0.135. The Balaban J connectivity index is 2.25. The van der Waals surface area contributed by atoms with Crippen LogP contribution in [0.3, 0.4) is 0 Å². The summed E-state index contributed by atoms with van der Waals surface area (Å²) in [7, 11) is 0. The molecule has 12 heavy (non-hydrogen) atoms. The summed E-state index contributed by atoms with van der Waals surface area (Å²) in [6.07, 6.45) is 7.06. The molecule has 64 valence electrons. The van der Waals surface area contributed by atoms with Gasteiger partial charge in [-0.25, -0.2) is 0 Å². The van der Waals surface area contributed by atoms with E-state index in [1.165, 1.54) is 0 Å². The van der Waals surface area contributed by atoms with Gasteiger partial charge in [-0.15, -0.1) is 11.8 Å². The number of fused-ring (bicyclic) bond motifs is 1. The molecule has 1 aliphatic carbocycles. The molecule has 1 fully saturated rings. The van der Waals surface area contributed by atoms with Crippen molar-refractivity contribution in [1.29, 1.82) is 0 Å². The van der Waals surface area contributed by atoms with Crippen LogP contribution in [-0.4, -0.2) is 22.1 Å². The zero-order valence-electron chi connectivity index (χ0n) is 6.56. The van der Waals surface area contributed by atoms with Crippen LogP contribution in [0.5, 0.6) is 0 Å². The van der Waals surface area contributed by atoms with Crippen LogP contribution in [0.2, 0.25) is 0 Å². The topological polar surface area (TPSA) is 37.3 Å². The fourth-order valence-electron chi connectivity index (χ4n) is 1.68. The van der Waals surface area contributed by atoms with Crippen LogP contribution in [0.15, 0.2) is 23.8 Å². The number of rotatable bonds is 1. The molecule has 0 amide bonds. The normalized spacial score (nSPS) is 32.8. The number of hydrogen-bond acceptors (Lipinski definition) is 2. The van der Waals surface area contributed by atoms with Crippen molar-refractivity contribution >= 4 is 17.7 Å². The van der Waals surface area contributed by atoms with Crippen LogP contribution >= 0.6 is 11.8 Å². The van der Waals surface area contributed by atoms with Crippen LogP contribution in [0.1, 0.15) is 6.42 Å². The van der Waals surface area contributed by atoms with Crippen molar-refractivity contribution in [1.82, 2.24) is 0 Å². The zero-order valence-corrected chi connectivity index (χ0v) is 7.38. The van der Waals surface area contributed by atoms with E-state index in [0.717, 1.165) is 17.7 Å². The largest absolute Gasteiger partial charge is 0.480 e. The minimum atomic E-state index is -0.691. The monoisotopic (exact) mass is 182 g/mol. The third-order valence-corrected chi connectivity index (χ3v) is 3.71. The Bertz CT molecular complexity index is 268. The quantitative estimate of drug-likeness (QED) is 0.670. The molecule has 0 saturated carbocycles. The lowest BCUT2D eigenvalue weighted by Gasteiger charge is -2.13. The Morgan fingerprint density at radius 1 is 1.67 bits per heavy atom. The molecule has 2 aliphatic rings. The molecule has 2 rings (SSSR count). The Morgan fingerprint density at radius 3 is 3.25 bits per heavy atom. The van der Waals surface area contributed by atoms with Gasteiger partial charge in [0.25, 0.3) is 0 Å². The maximum absolute atomic E-state index is 10.8. The summed E-state index contributed by atoms with van der Waals surface area (Å²) in [6, 6.07) is 0. The van der Waals surface area contributed by atoms with Crippen LogP contribution in [-0.2, 0) is 4.79 Å². The maximum atomic E-state index is 10.8. The second-order valence-corrected chi connectivity index (χ2v) is 4.22. The average Bonchev–Trinajstić information content (AvgIpc) is 2.47.